The maximum atomic E-state index is 11.0. The summed E-state index contributed by atoms with van der Waals surface area (Å²) in [5.41, 5.74) is 2.03. The van der Waals surface area contributed by atoms with Crippen molar-refractivity contribution in [1.82, 2.24) is 0 Å². The van der Waals surface area contributed by atoms with E-state index >= 15 is 0 Å². The predicted molar refractivity (Wildman–Crippen MR) is 54.9 cm³/mol. The van der Waals surface area contributed by atoms with Crippen LogP contribution < -0.4 is 0 Å². The van der Waals surface area contributed by atoms with E-state index in [0.717, 1.165) is 17.6 Å². The zero-order chi connectivity index (χ0) is 8.43. The van der Waals surface area contributed by atoms with E-state index in [2.05, 4.69) is 34.7 Å². The van der Waals surface area contributed by atoms with E-state index < -0.39 is 0 Å². The number of rotatable bonds is 1. The quantitative estimate of drug-likeness (QED) is 0.524. The molecule has 11 heavy (non-hydrogen) atoms. The molecule has 0 aromatic carbocycles. The summed E-state index contributed by atoms with van der Waals surface area (Å²) >= 11 is 2.34. The highest BCUT2D eigenvalue weighted by Crippen LogP contribution is 2.23. The van der Waals surface area contributed by atoms with Crippen molar-refractivity contribution < 1.29 is 4.79 Å². The third-order valence-corrected chi connectivity index (χ3v) is 2.67. The van der Waals surface area contributed by atoms with Crippen molar-refractivity contribution in [2.45, 2.75) is 24.2 Å². The molecule has 1 atom stereocenters. The molecule has 2 heteroatoms. The Bertz CT molecular complexity index is 238. The summed E-state index contributed by atoms with van der Waals surface area (Å²) in [6, 6.07) is 0. The molecule has 0 saturated carbocycles. The number of halogens is 1. The predicted octanol–water partition coefficient (Wildman–Crippen LogP) is 2.66. The molecule has 1 aliphatic carbocycles. The molecule has 0 aromatic rings. The Morgan fingerprint density at radius 1 is 1.73 bits per heavy atom. The van der Waals surface area contributed by atoms with Gasteiger partial charge < -0.3 is 0 Å². The van der Waals surface area contributed by atoms with E-state index in [9.17, 15) is 4.79 Å². The van der Waals surface area contributed by atoms with Gasteiger partial charge in [-0.3, -0.25) is 4.79 Å². The van der Waals surface area contributed by atoms with E-state index in [4.69, 9.17) is 0 Å². The highest BCUT2D eigenvalue weighted by molar-refractivity contribution is 14.1. The number of hydrogen-bond acceptors (Lipinski definition) is 1. The van der Waals surface area contributed by atoms with Gasteiger partial charge in [-0.1, -0.05) is 34.7 Å². The number of Topliss-reactive ketones (excluding diaryl/α,β-unsaturated/α-hetero) is 1. The lowest BCUT2D eigenvalue weighted by Crippen LogP contribution is -2.07. The fourth-order valence-electron chi connectivity index (χ4n) is 1.17. The number of alkyl halides is 1. The van der Waals surface area contributed by atoms with Crippen LogP contribution in [0.3, 0.4) is 0 Å². The Hall–Kier alpha value is -0.120. The Kier molecular flexibility index (Phi) is 2.87. The Morgan fingerprint density at radius 2 is 2.36 bits per heavy atom. The Balaban J connectivity index is 2.90. The summed E-state index contributed by atoms with van der Waals surface area (Å²) in [6.07, 6.45) is 5.25. The van der Waals surface area contributed by atoms with Crippen molar-refractivity contribution in [3.63, 3.8) is 0 Å². The zero-order valence-corrected chi connectivity index (χ0v) is 8.88. The molecule has 0 aromatic heterocycles. The average molecular weight is 262 g/mol. The third-order valence-electron chi connectivity index (χ3n) is 1.80. The first-order chi connectivity index (χ1) is 5.11. The summed E-state index contributed by atoms with van der Waals surface area (Å²) in [6.45, 7) is 3.62. The molecular weight excluding hydrogens is 251 g/mol. The summed E-state index contributed by atoms with van der Waals surface area (Å²) in [7, 11) is 0. The van der Waals surface area contributed by atoms with Crippen LogP contribution in [-0.2, 0) is 4.79 Å². The highest BCUT2D eigenvalue weighted by atomic mass is 127. The molecule has 0 N–H and O–H groups in total. The molecule has 0 bridgehead atoms. The van der Waals surface area contributed by atoms with Crippen molar-refractivity contribution in [3.05, 3.63) is 23.3 Å². The lowest BCUT2D eigenvalue weighted by molar-refractivity contribution is -0.113. The monoisotopic (exact) mass is 262 g/mol. The van der Waals surface area contributed by atoms with Crippen LogP contribution in [-0.4, -0.2) is 9.71 Å². The van der Waals surface area contributed by atoms with Gasteiger partial charge in [0.25, 0.3) is 0 Å². The Morgan fingerprint density at radius 3 is 2.82 bits per heavy atom. The normalized spacial score (nSPS) is 24.1. The first kappa shape index (κ1) is 8.97. The minimum Gasteiger partial charge on any atom is -0.295 e. The fourth-order valence-corrected chi connectivity index (χ4v) is 1.79. The van der Waals surface area contributed by atoms with Crippen LogP contribution in [0.25, 0.3) is 0 Å². The lowest BCUT2D eigenvalue weighted by atomic mass is 9.97. The molecule has 0 saturated heterocycles. The first-order valence-corrected chi connectivity index (χ1v) is 4.90. The van der Waals surface area contributed by atoms with Gasteiger partial charge in [0.2, 0.25) is 0 Å². The number of carbonyl (C=O) groups is 1. The van der Waals surface area contributed by atoms with Crippen LogP contribution in [0.5, 0.6) is 0 Å². The molecular formula is C9H11IO. The van der Waals surface area contributed by atoms with Crippen LogP contribution >= 0.6 is 22.6 Å². The van der Waals surface area contributed by atoms with Crippen LogP contribution in [0, 0.1) is 0 Å². The van der Waals surface area contributed by atoms with Crippen molar-refractivity contribution in [2.24, 2.45) is 0 Å². The van der Waals surface area contributed by atoms with Gasteiger partial charge in [0.05, 0.1) is 0 Å². The topological polar surface area (TPSA) is 17.1 Å². The largest absolute Gasteiger partial charge is 0.295 e. The standard InChI is InChI=1S/C9H11IO/c1-6-3-4-8(10)5-9(6)7(2)11/h3,5,8H,4H2,1-2H3. The van der Waals surface area contributed by atoms with Gasteiger partial charge in [-0.2, -0.15) is 0 Å². The number of ketones is 1. The Labute approximate surface area is 80.7 Å². The summed E-state index contributed by atoms with van der Waals surface area (Å²) in [5, 5.41) is 0. The molecule has 0 heterocycles. The van der Waals surface area contributed by atoms with Gasteiger partial charge in [-0.25, -0.2) is 0 Å². The molecule has 0 radical (unpaired) electrons. The van der Waals surface area contributed by atoms with Crippen LogP contribution in [0.2, 0.25) is 0 Å². The van der Waals surface area contributed by atoms with Crippen molar-refractivity contribution in [2.75, 3.05) is 0 Å². The van der Waals surface area contributed by atoms with Gasteiger partial charge in [0.15, 0.2) is 5.78 Å². The van der Waals surface area contributed by atoms with Gasteiger partial charge in [0.1, 0.15) is 0 Å². The second-order valence-corrected chi connectivity index (χ2v) is 4.38. The molecule has 0 amide bonds. The molecule has 1 rings (SSSR count). The van der Waals surface area contributed by atoms with E-state index in [1.54, 1.807) is 6.92 Å². The fraction of sp³-hybridized carbons (Fsp3) is 0.444. The smallest absolute Gasteiger partial charge is 0.159 e. The second kappa shape index (κ2) is 3.52. The van der Waals surface area contributed by atoms with E-state index in [1.165, 1.54) is 0 Å². The number of hydrogen-bond donors (Lipinski definition) is 0. The van der Waals surface area contributed by atoms with Crippen molar-refractivity contribution >= 4 is 28.4 Å². The first-order valence-electron chi connectivity index (χ1n) is 3.65. The number of carbonyl (C=O) groups excluding carboxylic acids is 1. The molecule has 1 aliphatic rings. The third kappa shape index (κ3) is 2.15. The minimum absolute atomic E-state index is 0.181. The maximum Gasteiger partial charge on any atom is 0.159 e. The second-order valence-electron chi connectivity index (χ2n) is 2.78. The van der Waals surface area contributed by atoms with Crippen molar-refractivity contribution in [1.29, 1.82) is 0 Å². The number of allylic oxidation sites excluding steroid dienone is 4. The molecule has 0 spiro atoms. The van der Waals surface area contributed by atoms with Gasteiger partial charge >= 0.3 is 0 Å². The van der Waals surface area contributed by atoms with Gasteiger partial charge in [-0.05, 0) is 25.8 Å². The summed E-state index contributed by atoms with van der Waals surface area (Å²) in [4.78, 5) is 11.0. The van der Waals surface area contributed by atoms with E-state index in [1.807, 2.05) is 6.92 Å². The maximum absolute atomic E-state index is 11.0. The van der Waals surface area contributed by atoms with E-state index in [-0.39, 0.29) is 5.78 Å². The van der Waals surface area contributed by atoms with Crippen LogP contribution in [0.4, 0.5) is 0 Å². The molecule has 1 unspecified atom stereocenters. The van der Waals surface area contributed by atoms with Crippen molar-refractivity contribution in [3.8, 4) is 0 Å². The summed E-state index contributed by atoms with van der Waals surface area (Å²) < 4.78 is 0.496. The molecule has 0 fully saturated rings. The molecule has 60 valence electrons. The van der Waals surface area contributed by atoms with Crippen LogP contribution in [0.1, 0.15) is 20.3 Å². The highest BCUT2D eigenvalue weighted by Gasteiger charge is 2.13. The SMILES string of the molecule is CC(=O)C1=CC(I)CC=C1C. The lowest BCUT2D eigenvalue weighted by Gasteiger charge is -2.13. The summed E-state index contributed by atoms with van der Waals surface area (Å²) in [5.74, 6) is 0.181. The molecule has 1 nitrogen and oxygen atoms in total. The minimum atomic E-state index is 0.181. The zero-order valence-electron chi connectivity index (χ0n) is 6.73. The van der Waals surface area contributed by atoms with E-state index in [0.29, 0.717) is 3.92 Å². The molecule has 0 aliphatic heterocycles. The van der Waals surface area contributed by atoms with Gasteiger partial charge in [-0.15, -0.1) is 0 Å². The van der Waals surface area contributed by atoms with Gasteiger partial charge in [0, 0.05) is 9.50 Å². The average Bonchev–Trinajstić information content (AvgIpc) is 1.94. The van der Waals surface area contributed by atoms with Crippen LogP contribution in [0.15, 0.2) is 23.3 Å².